The van der Waals surface area contributed by atoms with Gasteiger partial charge in [0.1, 0.15) is 0 Å². The molecule has 1 aliphatic carbocycles. The molecular formula is C62H33N. The summed E-state index contributed by atoms with van der Waals surface area (Å²) in [7, 11) is 0. The molecule has 0 saturated carbocycles. The second-order valence-electron chi connectivity index (χ2n) is 18.0. The van der Waals surface area contributed by atoms with Crippen molar-refractivity contribution in [1.29, 1.82) is 0 Å². The molecule has 15 aromatic rings. The van der Waals surface area contributed by atoms with Crippen LogP contribution in [0.2, 0.25) is 0 Å². The number of hydrogen-bond acceptors (Lipinski definition) is 1. The Hall–Kier alpha value is -8.13. The summed E-state index contributed by atoms with van der Waals surface area (Å²) in [5, 5.41) is 29.4. The topological polar surface area (TPSA) is 12.9 Å². The predicted molar refractivity (Wildman–Crippen MR) is 270 cm³/mol. The van der Waals surface area contributed by atoms with Crippen LogP contribution in [0, 0.1) is 6.92 Å². The molecule has 0 radical (unpaired) electrons. The zero-order valence-electron chi connectivity index (χ0n) is 34.3. The van der Waals surface area contributed by atoms with Crippen molar-refractivity contribution >= 4 is 118 Å². The highest BCUT2D eigenvalue weighted by Gasteiger charge is 2.30. The van der Waals surface area contributed by atoms with Gasteiger partial charge in [-0.2, -0.15) is 0 Å². The van der Waals surface area contributed by atoms with Crippen LogP contribution in [0.25, 0.3) is 163 Å². The molecular weight excluding hydrogens is 759 g/mol. The molecule has 0 aliphatic heterocycles. The van der Waals surface area contributed by atoms with E-state index in [0.717, 1.165) is 11.3 Å². The summed E-state index contributed by atoms with van der Waals surface area (Å²) < 4.78 is 0. The van der Waals surface area contributed by atoms with E-state index in [2.05, 4.69) is 183 Å². The molecule has 16 rings (SSSR count). The molecule has 0 fully saturated rings. The van der Waals surface area contributed by atoms with E-state index in [-0.39, 0.29) is 0 Å². The summed E-state index contributed by atoms with van der Waals surface area (Å²) >= 11 is 0. The number of fused-ring (bicyclic) bond motifs is 15. The van der Waals surface area contributed by atoms with Crippen LogP contribution in [0.4, 0.5) is 0 Å². The number of rotatable bonds is 2. The molecule has 1 aliphatic rings. The normalized spacial score (nSPS) is 12.8. The minimum Gasteiger partial charge on any atom is -0.256 e. The Morgan fingerprint density at radius 2 is 0.794 bits per heavy atom. The van der Waals surface area contributed by atoms with Gasteiger partial charge in [-0.1, -0.05) is 158 Å². The lowest BCUT2D eigenvalue weighted by Gasteiger charge is -2.16. The Labute approximate surface area is 361 Å². The van der Waals surface area contributed by atoms with Crippen molar-refractivity contribution in [3.05, 3.63) is 188 Å². The van der Waals surface area contributed by atoms with Gasteiger partial charge in [0.15, 0.2) is 0 Å². The lowest BCUT2D eigenvalue weighted by molar-refractivity contribution is 1.36. The molecule has 1 heteroatoms. The molecule has 14 aromatic carbocycles. The van der Waals surface area contributed by atoms with E-state index in [1.165, 1.54) is 157 Å². The molecule has 63 heavy (non-hydrogen) atoms. The van der Waals surface area contributed by atoms with Gasteiger partial charge < -0.3 is 0 Å². The highest BCUT2D eigenvalue weighted by Crippen LogP contribution is 2.58. The van der Waals surface area contributed by atoms with Gasteiger partial charge in [-0.15, -0.1) is 0 Å². The van der Waals surface area contributed by atoms with Gasteiger partial charge in [0.25, 0.3) is 0 Å². The van der Waals surface area contributed by atoms with E-state index >= 15 is 0 Å². The highest BCUT2D eigenvalue weighted by molar-refractivity contribution is 6.52. The first-order chi connectivity index (χ1) is 31.2. The van der Waals surface area contributed by atoms with E-state index in [0.29, 0.717) is 0 Å². The zero-order chi connectivity index (χ0) is 40.8. The first-order valence-electron chi connectivity index (χ1n) is 22.1. The number of hydrogen-bond donors (Lipinski definition) is 0. The Kier molecular flexibility index (Phi) is 5.81. The summed E-state index contributed by atoms with van der Waals surface area (Å²) in [5.74, 6) is 0. The lowest BCUT2D eigenvalue weighted by atomic mass is 9.86. The van der Waals surface area contributed by atoms with Gasteiger partial charge in [0, 0.05) is 17.1 Å². The van der Waals surface area contributed by atoms with Gasteiger partial charge in [-0.3, -0.25) is 4.98 Å². The Morgan fingerprint density at radius 3 is 1.57 bits per heavy atom. The number of aryl methyl sites for hydroxylation is 1. The third-order valence-electron chi connectivity index (χ3n) is 15.2. The standard InChI is InChI=1S/C62H33N/c1-32-10-2-5-13-36(32)52-51-30-34-12-4-6-14-37(34)53-40-16-8-9-17-41(40)58(61(51)53)60-49-27-25-46-44-22-23-47-50-31-35(62-38-15-7-3-11-33(38)28-29-63-62)18-19-39(50)42-20-21-43(55(44)54(42)47)45-24-26-48(59(52)60)57(49)56(45)46/h2-31H,1H3. The van der Waals surface area contributed by atoms with Gasteiger partial charge >= 0.3 is 0 Å². The van der Waals surface area contributed by atoms with E-state index in [9.17, 15) is 0 Å². The fraction of sp³-hybridized carbons (Fsp3) is 0.0161. The van der Waals surface area contributed by atoms with E-state index in [1.807, 2.05) is 6.20 Å². The predicted octanol–water partition coefficient (Wildman–Crippen LogP) is 17.4. The fourth-order valence-electron chi connectivity index (χ4n) is 12.7. The Balaban J connectivity index is 1.05. The molecule has 1 heterocycles. The summed E-state index contributed by atoms with van der Waals surface area (Å²) in [6.07, 6.45) is 1.94. The zero-order valence-corrected chi connectivity index (χ0v) is 34.3. The van der Waals surface area contributed by atoms with Crippen LogP contribution in [0.15, 0.2) is 182 Å². The lowest BCUT2D eigenvalue weighted by Crippen LogP contribution is -1.89. The van der Waals surface area contributed by atoms with E-state index < -0.39 is 0 Å². The molecule has 1 aromatic heterocycles. The molecule has 0 amide bonds. The number of nitrogens with zero attached hydrogens (tertiary/aromatic N) is 1. The van der Waals surface area contributed by atoms with Gasteiger partial charge in [0.2, 0.25) is 0 Å². The number of pyridine rings is 1. The van der Waals surface area contributed by atoms with Crippen LogP contribution >= 0.6 is 0 Å². The second-order valence-corrected chi connectivity index (χ2v) is 18.0. The number of benzene rings is 12. The third-order valence-corrected chi connectivity index (χ3v) is 15.2. The van der Waals surface area contributed by atoms with Crippen LogP contribution in [0.1, 0.15) is 5.56 Å². The van der Waals surface area contributed by atoms with Crippen LogP contribution in [-0.2, 0) is 0 Å². The molecule has 0 N–H and O–H groups in total. The first-order valence-corrected chi connectivity index (χ1v) is 22.1. The average Bonchev–Trinajstić information content (AvgIpc) is 3.98. The molecule has 0 saturated heterocycles. The Bertz CT molecular complexity index is 4530. The maximum absolute atomic E-state index is 4.91. The van der Waals surface area contributed by atoms with Crippen molar-refractivity contribution in [3.8, 4) is 44.6 Å². The molecule has 0 bridgehead atoms. The van der Waals surface area contributed by atoms with Crippen LogP contribution in [0.5, 0.6) is 0 Å². The molecule has 0 spiro atoms. The van der Waals surface area contributed by atoms with Crippen molar-refractivity contribution in [2.24, 2.45) is 0 Å². The van der Waals surface area contributed by atoms with E-state index in [1.54, 1.807) is 0 Å². The monoisotopic (exact) mass is 791 g/mol. The van der Waals surface area contributed by atoms with Crippen molar-refractivity contribution < 1.29 is 0 Å². The average molecular weight is 792 g/mol. The molecule has 0 atom stereocenters. The maximum Gasteiger partial charge on any atom is 0.0780 e. The van der Waals surface area contributed by atoms with Crippen molar-refractivity contribution in [2.75, 3.05) is 0 Å². The summed E-state index contributed by atoms with van der Waals surface area (Å²) in [5.41, 5.74) is 11.4. The Morgan fingerprint density at radius 1 is 0.286 bits per heavy atom. The largest absolute Gasteiger partial charge is 0.256 e. The van der Waals surface area contributed by atoms with E-state index in [4.69, 9.17) is 4.98 Å². The first kappa shape index (κ1) is 32.6. The summed E-state index contributed by atoms with van der Waals surface area (Å²) in [6.45, 7) is 2.28. The van der Waals surface area contributed by atoms with Gasteiger partial charge in [-0.25, -0.2) is 0 Å². The SMILES string of the molecule is Cc1ccccc1-c1c2cc3ccccc3c3c4ccccc4c(c4c5ccc6c7ccc8c9c(ccc(c%10ccc(c14)c5c%106)c97)-c1ccc(-c4nccc5ccccc45)cc1-8)c23. The fourth-order valence-corrected chi connectivity index (χ4v) is 12.7. The molecule has 286 valence electrons. The molecule has 1 nitrogen and oxygen atoms in total. The van der Waals surface area contributed by atoms with Crippen LogP contribution < -0.4 is 0 Å². The summed E-state index contributed by atoms with van der Waals surface area (Å²) in [4.78, 5) is 4.91. The van der Waals surface area contributed by atoms with Gasteiger partial charge in [-0.05, 0) is 177 Å². The van der Waals surface area contributed by atoms with Gasteiger partial charge in [0.05, 0.1) is 5.69 Å². The maximum atomic E-state index is 4.91. The van der Waals surface area contributed by atoms with Crippen LogP contribution in [-0.4, -0.2) is 4.98 Å². The summed E-state index contributed by atoms with van der Waals surface area (Å²) in [6, 6.07) is 66.8. The quantitative estimate of drug-likeness (QED) is 0.126. The third kappa shape index (κ3) is 3.82. The minimum atomic E-state index is 1.03. The second kappa shape index (κ2) is 11.2. The molecule has 0 unspecified atom stereocenters. The van der Waals surface area contributed by atoms with Crippen LogP contribution in [0.3, 0.4) is 0 Å². The number of aromatic nitrogens is 1. The smallest absolute Gasteiger partial charge is 0.0780 e. The van der Waals surface area contributed by atoms with Crippen molar-refractivity contribution in [3.63, 3.8) is 0 Å². The van der Waals surface area contributed by atoms with Crippen molar-refractivity contribution in [1.82, 2.24) is 4.98 Å². The van der Waals surface area contributed by atoms with Crippen molar-refractivity contribution in [2.45, 2.75) is 6.92 Å². The minimum absolute atomic E-state index is 1.03. The highest BCUT2D eigenvalue weighted by atomic mass is 14.7.